The molecule has 1 amide bonds. The maximum Gasteiger partial charge on any atom is 0.416 e. The van der Waals surface area contributed by atoms with Crippen molar-refractivity contribution in [3.05, 3.63) is 66.0 Å². The Morgan fingerprint density at radius 2 is 1.93 bits per heavy atom. The Morgan fingerprint density at radius 3 is 2.61 bits per heavy atom. The van der Waals surface area contributed by atoms with E-state index in [1.54, 1.807) is 35.3 Å². The van der Waals surface area contributed by atoms with Crippen LogP contribution in [0.1, 0.15) is 11.1 Å². The highest BCUT2D eigenvalue weighted by molar-refractivity contribution is 5.78. The second-order valence-electron chi connectivity index (χ2n) is 5.88. The monoisotopic (exact) mass is 390 g/mol. The van der Waals surface area contributed by atoms with E-state index in [1.807, 2.05) is 0 Å². The van der Waals surface area contributed by atoms with Gasteiger partial charge in [-0.2, -0.15) is 18.3 Å². The van der Waals surface area contributed by atoms with E-state index in [0.29, 0.717) is 30.3 Å². The molecule has 0 aliphatic carbocycles. The lowest BCUT2D eigenvalue weighted by atomic mass is 10.1. The number of aromatic nitrogens is 4. The van der Waals surface area contributed by atoms with Gasteiger partial charge in [0, 0.05) is 25.5 Å². The first-order chi connectivity index (χ1) is 13.4. The minimum Gasteiger partial charge on any atom is -0.367 e. The lowest BCUT2D eigenvalue weighted by Crippen LogP contribution is -2.30. The highest BCUT2D eigenvalue weighted by atomic mass is 19.4. The Hall–Kier alpha value is -3.43. The van der Waals surface area contributed by atoms with Gasteiger partial charge in [-0.1, -0.05) is 18.2 Å². The van der Waals surface area contributed by atoms with Crippen LogP contribution in [0.4, 0.5) is 19.0 Å². The second kappa shape index (κ2) is 8.51. The molecule has 3 aromatic rings. The van der Waals surface area contributed by atoms with E-state index in [4.69, 9.17) is 0 Å². The van der Waals surface area contributed by atoms with E-state index in [-0.39, 0.29) is 12.3 Å². The van der Waals surface area contributed by atoms with Crippen molar-refractivity contribution < 1.29 is 18.0 Å². The summed E-state index contributed by atoms with van der Waals surface area (Å²) in [6.07, 6.45) is -1.17. The molecule has 0 saturated carbocycles. The largest absolute Gasteiger partial charge is 0.416 e. The predicted octanol–water partition coefficient (Wildman–Crippen LogP) is 2.45. The molecule has 0 unspecified atom stereocenters. The summed E-state index contributed by atoms with van der Waals surface area (Å²) in [5.74, 6) is 0.745. The number of carbonyl (C=O) groups excluding carboxylic acids is 1. The van der Waals surface area contributed by atoms with Crippen molar-refractivity contribution in [2.75, 3.05) is 18.4 Å². The van der Waals surface area contributed by atoms with Crippen molar-refractivity contribution in [1.29, 1.82) is 0 Å². The van der Waals surface area contributed by atoms with E-state index < -0.39 is 11.7 Å². The van der Waals surface area contributed by atoms with Crippen molar-refractivity contribution >= 4 is 11.7 Å². The number of anilines is 1. The van der Waals surface area contributed by atoms with Crippen LogP contribution in [-0.2, 0) is 17.4 Å². The van der Waals surface area contributed by atoms with Gasteiger partial charge >= 0.3 is 6.18 Å². The summed E-state index contributed by atoms with van der Waals surface area (Å²) >= 11 is 0. The molecule has 2 heterocycles. The number of carbonyl (C=O) groups is 1. The highest BCUT2D eigenvalue weighted by Crippen LogP contribution is 2.29. The number of nitrogens with one attached hydrogen (secondary N) is 2. The summed E-state index contributed by atoms with van der Waals surface area (Å²) in [6, 6.07) is 9.99. The maximum absolute atomic E-state index is 12.7. The average Bonchev–Trinajstić information content (AvgIpc) is 3.20. The molecule has 3 rings (SSSR count). The van der Waals surface area contributed by atoms with Crippen LogP contribution in [0.25, 0.3) is 5.82 Å². The van der Waals surface area contributed by atoms with Crippen LogP contribution in [0.15, 0.2) is 54.9 Å². The molecular weight excluding hydrogens is 373 g/mol. The van der Waals surface area contributed by atoms with Gasteiger partial charge < -0.3 is 10.6 Å². The van der Waals surface area contributed by atoms with Gasteiger partial charge in [0.15, 0.2) is 5.82 Å². The van der Waals surface area contributed by atoms with Crippen LogP contribution in [0.3, 0.4) is 0 Å². The van der Waals surface area contributed by atoms with Crippen molar-refractivity contribution in [2.45, 2.75) is 12.6 Å². The van der Waals surface area contributed by atoms with Gasteiger partial charge in [-0.05, 0) is 29.8 Å². The zero-order valence-corrected chi connectivity index (χ0v) is 14.6. The second-order valence-corrected chi connectivity index (χ2v) is 5.88. The fraction of sp³-hybridized carbons (Fsp3) is 0.222. The standard InChI is InChI=1S/C18H17F3N6O/c19-18(20,21)14-4-1-3-13(11-14)12-17(28)23-9-8-22-15-5-6-16(26-25-15)27-10-2-7-24-27/h1-7,10-11H,8-9,12H2,(H,22,25)(H,23,28). The molecule has 0 bridgehead atoms. The molecule has 0 atom stereocenters. The van der Waals surface area contributed by atoms with Crippen LogP contribution >= 0.6 is 0 Å². The molecule has 0 fully saturated rings. The van der Waals surface area contributed by atoms with Crippen LogP contribution in [-0.4, -0.2) is 39.0 Å². The van der Waals surface area contributed by atoms with E-state index >= 15 is 0 Å². The molecule has 7 nitrogen and oxygen atoms in total. The third-order valence-electron chi connectivity index (χ3n) is 3.76. The highest BCUT2D eigenvalue weighted by Gasteiger charge is 2.30. The van der Waals surface area contributed by atoms with E-state index in [9.17, 15) is 18.0 Å². The summed E-state index contributed by atoms with van der Waals surface area (Å²) in [5.41, 5.74) is -0.461. The van der Waals surface area contributed by atoms with E-state index in [0.717, 1.165) is 12.1 Å². The van der Waals surface area contributed by atoms with Gasteiger partial charge in [-0.3, -0.25) is 4.79 Å². The third kappa shape index (κ3) is 5.29. The van der Waals surface area contributed by atoms with Crippen molar-refractivity contribution in [3.8, 4) is 5.82 Å². The first-order valence-corrected chi connectivity index (χ1v) is 8.42. The van der Waals surface area contributed by atoms with Gasteiger partial charge in [-0.25, -0.2) is 4.68 Å². The molecular formula is C18H17F3N6O. The maximum atomic E-state index is 12.7. The Morgan fingerprint density at radius 1 is 1.07 bits per heavy atom. The molecule has 28 heavy (non-hydrogen) atoms. The lowest BCUT2D eigenvalue weighted by molar-refractivity contribution is -0.137. The molecule has 0 spiro atoms. The number of hydrogen-bond donors (Lipinski definition) is 2. The fourth-order valence-corrected chi connectivity index (χ4v) is 2.44. The van der Waals surface area contributed by atoms with Gasteiger partial charge in [0.1, 0.15) is 5.82 Å². The predicted molar refractivity (Wildman–Crippen MR) is 95.8 cm³/mol. The first-order valence-electron chi connectivity index (χ1n) is 8.42. The summed E-state index contributed by atoms with van der Waals surface area (Å²) in [7, 11) is 0. The lowest BCUT2D eigenvalue weighted by Gasteiger charge is -2.10. The zero-order valence-electron chi connectivity index (χ0n) is 14.6. The Kier molecular flexibility index (Phi) is 5.87. The third-order valence-corrected chi connectivity index (χ3v) is 3.76. The molecule has 0 aliphatic heterocycles. The fourth-order valence-electron chi connectivity index (χ4n) is 2.44. The summed E-state index contributed by atoms with van der Waals surface area (Å²) in [6.45, 7) is 0.685. The number of alkyl halides is 3. The number of halogens is 3. The molecule has 146 valence electrons. The van der Waals surface area contributed by atoms with Crippen molar-refractivity contribution in [2.24, 2.45) is 0 Å². The van der Waals surface area contributed by atoms with Gasteiger partial charge in [0.2, 0.25) is 5.91 Å². The topological polar surface area (TPSA) is 84.7 Å². The zero-order chi connectivity index (χ0) is 20.0. The molecule has 0 saturated heterocycles. The van der Waals surface area contributed by atoms with E-state index in [2.05, 4.69) is 25.9 Å². The number of benzene rings is 1. The van der Waals surface area contributed by atoms with Gasteiger partial charge in [0.05, 0.1) is 12.0 Å². The molecule has 10 heteroatoms. The molecule has 2 aromatic heterocycles. The minimum atomic E-state index is -4.43. The normalized spacial score (nSPS) is 11.2. The Balaban J connectivity index is 1.42. The first kappa shape index (κ1) is 19.3. The number of rotatable bonds is 7. The van der Waals surface area contributed by atoms with Crippen LogP contribution in [0.2, 0.25) is 0 Å². The van der Waals surface area contributed by atoms with E-state index in [1.165, 1.54) is 12.1 Å². The summed E-state index contributed by atoms with van der Waals surface area (Å²) in [4.78, 5) is 11.9. The molecule has 2 N–H and O–H groups in total. The summed E-state index contributed by atoms with van der Waals surface area (Å²) in [5, 5.41) is 17.7. The Bertz CT molecular complexity index is 910. The van der Waals surface area contributed by atoms with Crippen molar-refractivity contribution in [3.63, 3.8) is 0 Å². The number of nitrogens with zero attached hydrogens (tertiary/aromatic N) is 4. The number of amides is 1. The molecule has 0 radical (unpaired) electrons. The Labute approximate surface area is 158 Å². The van der Waals surface area contributed by atoms with Gasteiger partial charge in [0.25, 0.3) is 0 Å². The smallest absolute Gasteiger partial charge is 0.367 e. The molecule has 0 aliphatic rings. The van der Waals surface area contributed by atoms with Crippen LogP contribution < -0.4 is 10.6 Å². The number of hydrogen-bond acceptors (Lipinski definition) is 5. The SMILES string of the molecule is O=C(Cc1cccc(C(F)(F)F)c1)NCCNc1ccc(-n2cccn2)nn1. The van der Waals surface area contributed by atoms with Crippen molar-refractivity contribution in [1.82, 2.24) is 25.3 Å². The quantitative estimate of drug-likeness (QED) is 0.606. The minimum absolute atomic E-state index is 0.123. The summed E-state index contributed by atoms with van der Waals surface area (Å²) < 4.78 is 39.7. The van der Waals surface area contributed by atoms with Crippen LogP contribution in [0.5, 0.6) is 0 Å². The van der Waals surface area contributed by atoms with Gasteiger partial charge in [-0.15, -0.1) is 10.2 Å². The van der Waals surface area contributed by atoms with Crippen LogP contribution in [0, 0.1) is 0 Å². The average molecular weight is 390 g/mol. The molecule has 1 aromatic carbocycles.